The Morgan fingerprint density at radius 3 is 2.39 bits per heavy atom. The molecule has 0 radical (unpaired) electrons. The van der Waals surface area contributed by atoms with Gasteiger partial charge in [0, 0.05) is 30.6 Å². The molecule has 1 unspecified atom stereocenters. The van der Waals surface area contributed by atoms with E-state index in [1.807, 2.05) is 4.90 Å². The van der Waals surface area contributed by atoms with Crippen molar-refractivity contribution in [2.24, 2.45) is 23.7 Å². The van der Waals surface area contributed by atoms with Crippen LogP contribution in [0.5, 0.6) is 0 Å². The highest BCUT2D eigenvalue weighted by Crippen LogP contribution is 2.55. The lowest BCUT2D eigenvalue weighted by Crippen LogP contribution is -2.59. The molecule has 0 aromatic carbocycles. The van der Waals surface area contributed by atoms with E-state index < -0.39 is 0 Å². The predicted octanol–water partition coefficient (Wildman–Crippen LogP) is 4.55. The fraction of sp³-hybridized carbons (Fsp3) is 0.833. The Labute approximate surface area is 169 Å². The molecule has 1 aliphatic heterocycles. The van der Waals surface area contributed by atoms with E-state index in [-0.39, 0.29) is 17.4 Å². The minimum Gasteiger partial charge on any atom is -0.351 e. The smallest absolute Gasteiger partial charge is 0.226 e. The van der Waals surface area contributed by atoms with Crippen molar-refractivity contribution in [2.45, 2.75) is 95.4 Å². The molecule has 5 fully saturated rings. The Balaban J connectivity index is 1.11. The summed E-state index contributed by atoms with van der Waals surface area (Å²) in [5.74, 6) is 3.58. The SMILES string of the molecule is O=C(CCCC(=O)N1CCCC2CCCC=C21)NC12CC3CC(CC(C3)C1)C2. The summed E-state index contributed by atoms with van der Waals surface area (Å²) in [6.45, 7) is 0.876. The van der Waals surface area contributed by atoms with Crippen molar-refractivity contribution in [2.75, 3.05) is 6.54 Å². The standard InChI is InChI=1S/C24H36N2O2/c27-22(25-24-14-17-11-18(15-24)13-19(12-17)16-24)8-3-9-23(28)26-10-4-6-20-5-1-2-7-21(20)26/h7,17-20H,1-6,8-16H2,(H,25,27). The second-order valence-corrected chi connectivity index (χ2v) is 10.5. The number of likely N-dealkylation sites (tertiary alicyclic amines) is 1. The van der Waals surface area contributed by atoms with Crippen molar-refractivity contribution in [1.29, 1.82) is 0 Å². The molecule has 4 saturated carbocycles. The van der Waals surface area contributed by atoms with Crippen LogP contribution in [0.4, 0.5) is 0 Å². The number of allylic oxidation sites excluding steroid dienone is 2. The molecule has 5 aliphatic carbocycles. The average molecular weight is 385 g/mol. The van der Waals surface area contributed by atoms with Crippen LogP contribution in [0.2, 0.25) is 0 Å². The zero-order valence-corrected chi connectivity index (χ0v) is 17.3. The Morgan fingerprint density at radius 2 is 1.68 bits per heavy atom. The van der Waals surface area contributed by atoms with Gasteiger partial charge in [0.1, 0.15) is 0 Å². The van der Waals surface area contributed by atoms with Crippen molar-refractivity contribution in [3.05, 3.63) is 11.8 Å². The van der Waals surface area contributed by atoms with Gasteiger partial charge in [-0.15, -0.1) is 0 Å². The first-order valence-electron chi connectivity index (χ1n) is 11.9. The summed E-state index contributed by atoms with van der Waals surface area (Å²) < 4.78 is 0. The maximum absolute atomic E-state index is 12.8. The summed E-state index contributed by atoms with van der Waals surface area (Å²) in [6.07, 6.45) is 17.8. The molecule has 2 amide bonds. The number of carbonyl (C=O) groups excluding carboxylic acids is 2. The molecule has 4 heteroatoms. The van der Waals surface area contributed by atoms with E-state index in [9.17, 15) is 9.59 Å². The number of nitrogens with one attached hydrogen (secondary N) is 1. The molecule has 28 heavy (non-hydrogen) atoms. The number of fused-ring (bicyclic) bond motifs is 1. The number of carbonyl (C=O) groups is 2. The van der Waals surface area contributed by atoms with Gasteiger partial charge in [0.05, 0.1) is 0 Å². The normalized spacial score (nSPS) is 38.7. The van der Waals surface area contributed by atoms with Gasteiger partial charge < -0.3 is 10.2 Å². The highest BCUT2D eigenvalue weighted by molar-refractivity contribution is 5.80. The van der Waals surface area contributed by atoms with E-state index >= 15 is 0 Å². The van der Waals surface area contributed by atoms with Crippen LogP contribution in [-0.4, -0.2) is 28.8 Å². The van der Waals surface area contributed by atoms with E-state index in [0.29, 0.717) is 25.2 Å². The third-order valence-electron chi connectivity index (χ3n) is 8.31. The molecule has 6 aliphatic rings. The van der Waals surface area contributed by atoms with Crippen molar-refractivity contribution in [3.8, 4) is 0 Å². The summed E-state index contributed by atoms with van der Waals surface area (Å²) in [6, 6.07) is 0. The average Bonchev–Trinajstić information content (AvgIpc) is 2.66. The lowest BCUT2D eigenvalue weighted by molar-refractivity contribution is -0.131. The number of hydrogen-bond acceptors (Lipinski definition) is 2. The van der Waals surface area contributed by atoms with E-state index in [4.69, 9.17) is 0 Å². The minimum atomic E-state index is 0.100. The van der Waals surface area contributed by atoms with E-state index in [1.165, 1.54) is 63.5 Å². The maximum atomic E-state index is 12.8. The molecule has 1 atom stereocenters. The molecule has 0 aromatic rings. The largest absolute Gasteiger partial charge is 0.351 e. The number of amides is 2. The first kappa shape index (κ1) is 18.7. The van der Waals surface area contributed by atoms with Crippen LogP contribution in [0, 0.1) is 23.7 Å². The molecule has 1 N–H and O–H groups in total. The number of piperidine rings is 1. The van der Waals surface area contributed by atoms with Gasteiger partial charge in [0.2, 0.25) is 11.8 Å². The number of nitrogens with zero attached hydrogens (tertiary/aromatic N) is 1. The van der Waals surface area contributed by atoms with Gasteiger partial charge in [0.25, 0.3) is 0 Å². The summed E-state index contributed by atoms with van der Waals surface area (Å²) in [5, 5.41) is 3.45. The van der Waals surface area contributed by atoms with Crippen LogP contribution in [0.3, 0.4) is 0 Å². The third-order valence-corrected chi connectivity index (χ3v) is 8.31. The van der Waals surface area contributed by atoms with Crippen molar-refractivity contribution in [3.63, 3.8) is 0 Å². The minimum absolute atomic E-state index is 0.100. The van der Waals surface area contributed by atoms with Gasteiger partial charge in [0.15, 0.2) is 0 Å². The fourth-order valence-electron chi connectivity index (χ4n) is 7.60. The summed E-state index contributed by atoms with van der Waals surface area (Å²) in [7, 11) is 0. The molecule has 1 saturated heterocycles. The molecule has 154 valence electrons. The van der Waals surface area contributed by atoms with Crippen LogP contribution in [-0.2, 0) is 9.59 Å². The first-order valence-corrected chi connectivity index (χ1v) is 11.9. The number of rotatable bonds is 5. The van der Waals surface area contributed by atoms with Gasteiger partial charge >= 0.3 is 0 Å². The van der Waals surface area contributed by atoms with Crippen LogP contribution in [0.1, 0.15) is 89.9 Å². The first-order chi connectivity index (χ1) is 13.6. The van der Waals surface area contributed by atoms with E-state index in [0.717, 1.165) is 37.1 Å². The molecule has 6 rings (SSSR count). The topological polar surface area (TPSA) is 49.4 Å². The van der Waals surface area contributed by atoms with Gasteiger partial charge in [-0.3, -0.25) is 9.59 Å². The molecule has 4 bridgehead atoms. The molecular weight excluding hydrogens is 348 g/mol. The molecule has 1 heterocycles. The van der Waals surface area contributed by atoms with Crippen molar-refractivity contribution in [1.82, 2.24) is 10.2 Å². The molecule has 4 nitrogen and oxygen atoms in total. The lowest BCUT2D eigenvalue weighted by Gasteiger charge is -2.56. The highest BCUT2D eigenvalue weighted by Gasteiger charge is 2.51. The van der Waals surface area contributed by atoms with Crippen LogP contribution < -0.4 is 5.32 Å². The lowest BCUT2D eigenvalue weighted by atomic mass is 9.53. The second kappa shape index (κ2) is 7.50. The Hall–Kier alpha value is -1.32. The second-order valence-electron chi connectivity index (χ2n) is 10.5. The predicted molar refractivity (Wildman–Crippen MR) is 109 cm³/mol. The van der Waals surface area contributed by atoms with E-state index in [2.05, 4.69) is 11.4 Å². The number of hydrogen-bond donors (Lipinski definition) is 1. The molecular formula is C24H36N2O2. The van der Waals surface area contributed by atoms with Crippen molar-refractivity contribution < 1.29 is 9.59 Å². The third kappa shape index (κ3) is 3.64. The monoisotopic (exact) mass is 384 g/mol. The van der Waals surface area contributed by atoms with Crippen LogP contribution in [0.25, 0.3) is 0 Å². The van der Waals surface area contributed by atoms with E-state index in [1.54, 1.807) is 0 Å². The van der Waals surface area contributed by atoms with Gasteiger partial charge in [-0.25, -0.2) is 0 Å². The molecule has 0 aromatic heterocycles. The zero-order chi connectivity index (χ0) is 19.1. The maximum Gasteiger partial charge on any atom is 0.226 e. The zero-order valence-electron chi connectivity index (χ0n) is 17.3. The van der Waals surface area contributed by atoms with Crippen LogP contribution in [0.15, 0.2) is 11.8 Å². The quantitative estimate of drug-likeness (QED) is 0.756. The Morgan fingerprint density at radius 1 is 1.00 bits per heavy atom. The fourth-order valence-corrected chi connectivity index (χ4v) is 7.60. The summed E-state index contributed by atoms with van der Waals surface area (Å²) in [5.41, 5.74) is 1.39. The van der Waals surface area contributed by atoms with Gasteiger partial charge in [-0.2, -0.15) is 0 Å². The Kier molecular flexibility index (Phi) is 5.00. The van der Waals surface area contributed by atoms with Gasteiger partial charge in [-0.1, -0.05) is 6.08 Å². The van der Waals surface area contributed by atoms with Crippen molar-refractivity contribution >= 4 is 11.8 Å². The van der Waals surface area contributed by atoms with Gasteiger partial charge in [-0.05, 0) is 101 Å². The Bertz CT molecular complexity index is 632. The summed E-state index contributed by atoms with van der Waals surface area (Å²) >= 11 is 0. The summed E-state index contributed by atoms with van der Waals surface area (Å²) in [4.78, 5) is 27.5. The highest BCUT2D eigenvalue weighted by atomic mass is 16.2. The van der Waals surface area contributed by atoms with Crippen LogP contribution >= 0.6 is 0 Å². The molecule has 0 spiro atoms.